The number of hydrogen-bond donors (Lipinski definition) is 1. The number of aromatic nitrogens is 3. The third kappa shape index (κ3) is 3.21. The number of benzene rings is 1. The molecular formula is C19H19N5O2. The van der Waals surface area contributed by atoms with Crippen LogP contribution in [0.2, 0.25) is 0 Å². The van der Waals surface area contributed by atoms with Crippen LogP contribution in [0.5, 0.6) is 0 Å². The molecule has 1 saturated heterocycles. The molecule has 1 fully saturated rings. The van der Waals surface area contributed by atoms with Crippen LogP contribution in [0.3, 0.4) is 0 Å². The molecule has 1 atom stereocenters. The minimum absolute atomic E-state index is 0.138. The highest BCUT2D eigenvalue weighted by atomic mass is 16.5. The Kier molecular flexibility index (Phi) is 4.45. The summed E-state index contributed by atoms with van der Waals surface area (Å²) < 4.78 is 5.56. The van der Waals surface area contributed by atoms with E-state index in [9.17, 15) is 4.79 Å². The summed E-state index contributed by atoms with van der Waals surface area (Å²) in [6.45, 7) is 1.67. The van der Waals surface area contributed by atoms with Crippen LogP contribution < -0.4 is 10.6 Å². The van der Waals surface area contributed by atoms with Gasteiger partial charge in [0.15, 0.2) is 5.82 Å². The third-order valence-corrected chi connectivity index (χ3v) is 4.44. The number of primary amides is 1. The highest BCUT2D eigenvalue weighted by Gasteiger charge is 2.27. The molecule has 1 amide bonds. The van der Waals surface area contributed by atoms with Crippen LogP contribution >= 0.6 is 0 Å². The SMILES string of the molecule is NC(=O)CC1COCCN1c1nc(-c2cccnc2)nc2ccccc12. The van der Waals surface area contributed by atoms with Crippen LogP contribution in [-0.2, 0) is 9.53 Å². The lowest BCUT2D eigenvalue weighted by Gasteiger charge is -2.36. The molecule has 0 spiro atoms. The number of carbonyl (C=O) groups is 1. The summed E-state index contributed by atoms with van der Waals surface area (Å²) >= 11 is 0. The van der Waals surface area contributed by atoms with Crippen molar-refractivity contribution in [3.05, 3.63) is 48.8 Å². The topological polar surface area (TPSA) is 94.2 Å². The van der Waals surface area contributed by atoms with E-state index in [1.165, 1.54) is 0 Å². The molecule has 132 valence electrons. The normalized spacial score (nSPS) is 17.4. The summed E-state index contributed by atoms with van der Waals surface area (Å²) in [6, 6.07) is 11.5. The first-order valence-corrected chi connectivity index (χ1v) is 8.52. The van der Waals surface area contributed by atoms with Gasteiger partial charge in [0.05, 0.1) is 24.8 Å². The maximum atomic E-state index is 11.5. The van der Waals surface area contributed by atoms with E-state index in [4.69, 9.17) is 15.5 Å². The monoisotopic (exact) mass is 349 g/mol. The highest BCUT2D eigenvalue weighted by Crippen LogP contribution is 2.30. The Balaban J connectivity index is 1.85. The first-order chi connectivity index (χ1) is 12.7. The van der Waals surface area contributed by atoms with Crippen molar-refractivity contribution in [2.75, 3.05) is 24.7 Å². The second-order valence-corrected chi connectivity index (χ2v) is 6.22. The molecule has 4 rings (SSSR count). The predicted molar refractivity (Wildman–Crippen MR) is 98.5 cm³/mol. The minimum atomic E-state index is -0.351. The van der Waals surface area contributed by atoms with Crippen LogP contribution in [0, 0.1) is 0 Å². The van der Waals surface area contributed by atoms with Crippen molar-refractivity contribution < 1.29 is 9.53 Å². The molecule has 26 heavy (non-hydrogen) atoms. The lowest BCUT2D eigenvalue weighted by Crippen LogP contribution is -2.48. The molecule has 2 N–H and O–H groups in total. The highest BCUT2D eigenvalue weighted by molar-refractivity contribution is 5.91. The second kappa shape index (κ2) is 7.05. The van der Waals surface area contributed by atoms with Gasteiger partial charge in [0.2, 0.25) is 5.91 Å². The molecule has 3 aromatic rings. The maximum absolute atomic E-state index is 11.5. The van der Waals surface area contributed by atoms with Gasteiger partial charge < -0.3 is 15.4 Å². The third-order valence-electron chi connectivity index (χ3n) is 4.44. The van der Waals surface area contributed by atoms with Gasteiger partial charge in [0.25, 0.3) is 0 Å². The molecular weight excluding hydrogens is 330 g/mol. The van der Waals surface area contributed by atoms with Gasteiger partial charge in [0, 0.05) is 36.3 Å². The molecule has 7 heteroatoms. The fourth-order valence-corrected chi connectivity index (χ4v) is 3.24. The van der Waals surface area contributed by atoms with Crippen molar-refractivity contribution in [2.45, 2.75) is 12.5 Å². The lowest BCUT2D eigenvalue weighted by atomic mass is 10.1. The van der Waals surface area contributed by atoms with Crippen molar-refractivity contribution in [3.63, 3.8) is 0 Å². The van der Waals surface area contributed by atoms with Gasteiger partial charge in [-0.05, 0) is 24.3 Å². The number of amides is 1. The van der Waals surface area contributed by atoms with Crippen LogP contribution in [0.1, 0.15) is 6.42 Å². The summed E-state index contributed by atoms with van der Waals surface area (Å²) in [7, 11) is 0. The Hall–Kier alpha value is -3.06. The quantitative estimate of drug-likeness (QED) is 0.771. The van der Waals surface area contributed by atoms with Gasteiger partial charge in [0.1, 0.15) is 5.82 Å². The molecule has 0 bridgehead atoms. The van der Waals surface area contributed by atoms with Crippen molar-refractivity contribution in [3.8, 4) is 11.4 Å². The van der Waals surface area contributed by atoms with E-state index >= 15 is 0 Å². The maximum Gasteiger partial charge on any atom is 0.219 e. The van der Waals surface area contributed by atoms with Gasteiger partial charge in [-0.2, -0.15) is 0 Å². The number of nitrogens with two attached hydrogens (primary N) is 1. The smallest absolute Gasteiger partial charge is 0.219 e. The second-order valence-electron chi connectivity index (χ2n) is 6.22. The Labute approximate surface area is 150 Å². The zero-order valence-electron chi connectivity index (χ0n) is 14.2. The average molecular weight is 349 g/mol. The van der Waals surface area contributed by atoms with E-state index in [1.54, 1.807) is 12.4 Å². The van der Waals surface area contributed by atoms with Crippen LogP contribution in [0.15, 0.2) is 48.8 Å². The molecule has 1 aromatic carbocycles. The van der Waals surface area contributed by atoms with Crippen LogP contribution in [0.25, 0.3) is 22.3 Å². The molecule has 3 heterocycles. The summed E-state index contributed by atoms with van der Waals surface area (Å²) in [5, 5.41) is 0.941. The zero-order valence-corrected chi connectivity index (χ0v) is 14.2. The molecule has 1 unspecified atom stereocenters. The number of pyridine rings is 1. The number of anilines is 1. The average Bonchev–Trinajstić information content (AvgIpc) is 2.68. The lowest BCUT2D eigenvalue weighted by molar-refractivity contribution is -0.118. The fourth-order valence-electron chi connectivity index (χ4n) is 3.24. The molecule has 7 nitrogen and oxygen atoms in total. The number of morpholine rings is 1. The number of carbonyl (C=O) groups excluding carboxylic acids is 1. The Morgan fingerprint density at radius 2 is 2.12 bits per heavy atom. The summed E-state index contributed by atoms with van der Waals surface area (Å²) in [5.74, 6) is 1.05. The van der Waals surface area contributed by atoms with E-state index in [-0.39, 0.29) is 18.4 Å². The number of fused-ring (bicyclic) bond motifs is 1. The van der Waals surface area contributed by atoms with E-state index in [2.05, 4.69) is 14.9 Å². The number of hydrogen-bond acceptors (Lipinski definition) is 6. The molecule has 0 saturated carbocycles. The first-order valence-electron chi connectivity index (χ1n) is 8.52. The zero-order chi connectivity index (χ0) is 17.9. The van der Waals surface area contributed by atoms with Gasteiger partial charge >= 0.3 is 0 Å². The summed E-state index contributed by atoms with van der Waals surface area (Å²) in [5.41, 5.74) is 7.13. The molecule has 0 aliphatic carbocycles. The molecule has 1 aliphatic heterocycles. The van der Waals surface area contributed by atoms with E-state index < -0.39 is 0 Å². The Morgan fingerprint density at radius 1 is 1.23 bits per heavy atom. The van der Waals surface area contributed by atoms with Gasteiger partial charge in [-0.3, -0.25) is 9.78 Å². The summed E-state index contributed by atoms with van der Waals surface area (Å²) in [6.07, 6.45) is 3.69. The van der Waals surface area contributed by atoms with Crippen molar-refractivity contribution >= 4 is 22.6 Å². The van der Waals surface area contributed by atoms with Crippen molar-refractivity contribution in [1.82, 2.24) is 15.0 Å². The van der Waals surface area contributed by atoms with Crippen molar-refractivity contribution in [2.24, 2.45) is 5.73 Å². The predicted octanol–water partition coefficient (Wildman–Crippen LogP) is 1.77. The molecule has 1 aliphatic rings. The van der Waals surface area contributed by atoms with Gasteiger partial charge in [-0.1, -0.05) is 12.1 Å². The molecule has 0 radical (unpaired) electrons. The van der Waals surface area contributed by atoms with Gasteiger partial charge in [-0.25, -0.2) is 9.97 Å². The Morgan fingerprint density at radius 3 is 2.92 bits per heavy atom. The van der Waals surface area contributed by atoms with Gasteiger partial charge in [-0.15, -0.1) is 0 Å². The standard InChI is InChI=1S/C19H19N5O2/c20-17(25)10-14-12-26-9-8-24(14)19-15-5-1-2-6-16(15)22-18(23-19)13-4-3-7-21-11-13/h1-7,11,14H,8-10,12H2,(H2,20,25). The van der Waals surface area contributed by atoms with Crippen LogP contribution in [0.4, 0.5) is 5.82 Å². The largest absolute Gasteiger partial charge is 0.377 e. The molecule has 2 aromatic heterocycles. The van der Waals surface area contributed by atoms with E-state index in [1.807, 2.05) is 36.4 Å². The Bertz CT molecular complexity index is 932. The van der Waals surface area contributed by atoms with Crippen molar-refractivity contribution in [1.29, 1.82) is 0 Å². The number of rotatable bonds is 4. The number of ether oxygens (including phenoxy) is 1. The van der Waals surface area contributed by atoms with E-state index in [0.29, 0.717) is 25.6 Å². The number of para-hydroxylation sites is 1. The minimum Gasteiger partial charge on any atom is -0.377 e. The summed E-state index contributed by atoms with van der Waals surface area (Å²) in [4.78, 5) is 27.3. The first kappa shape index (κ1) is 16.4. The number of nitrogens with zero attached hydrogens (tertiary/aromatic N) is 4. The fraction of sp³-hybridized carbons (Fsp3) is 0.263. The van der Waals surface area contributed by atoms with Crippen LogP contribution in [-0.4, -0.2) is 46.7 Å². The van der Waals surface area contributed by atoms with E-state index in [0.717, 1.165) is 22.3 Å².